The molecule has 0 saturated carbocycles. The van der Waals surface area contributed by atoms with Gasteiger partial charge in [0.05, 0.1) is 90.2 Å². The summed E-state index contributed by atoms with van der Waals surface area (Å²) in [6.45, 7) is 17.3. The highest BCUT2D eigenvalue weighted by Crippen LogP contribution is 2.36. The molecule has 680 valence electrons. The Balaban J connectivity index is 0.000000209. The van der Waals surface area contributed by atoms with Gasteiger partial charge in [-0.05, 0) is 146 Å². The number of alkyl carbamates (subject to hydrolysis) is 3. The van der Waals surface area contributed by atoms with E-state index >= 15 is 0 Å². The number of aryl methyl sites for hydroxylation is 1. The van der Waals surface area contributed by atoms with Gasteiger partial charge in [0.2, 0.25) is 30.1 Å². The molecule has 15 atom stereocenters. The first-order valence-electron chi connectivity index (χ1n) is 41.7. The molecular weight excluding hydrogens is 1990 g/mol. The molecule has 0 spiro atoms. The number of nitrogens with two attached hydrogens (primary N) is 3. The molecule has 0 aliphatic carbocycles. The van der Waals surface area contributed by atoms with Crippen LogP contribution in [-0.4, -0.2) is 214 Å². The number of hydrogen-bond donors (Lipinski definition) is 7. The number of nitrogens with one attached hydrogen (secondary N) is 3. The van der Waals surface area contributed by atoms with Crippen LogP contribution >= 0.6 is 61.2 Å². The van der Waals surface area contributed by atoms with Gasteiger partial charge in [-0.15, -0.1) is 24.0 Å². The quantitative estimate of drug-likeness (QED) is 0.0142. The van der Waals surface area contributed by atoms with Crippen molar-refractivity contribution in [2.75, 3.05) is 78.9 Å². The Kier molecular flexibility index (Phi) is 40.3. The summed E-state index contributed by atoms with van der Waals surface area (Å²) in [7, 11) is -11.6. The zero-order chi connectivity index (χ0) is 88.4. The average molecular weight is 2110 g/mol. The minimum Gasteiger partial charge on any atom is -0.508 e. The molecule has 0 aromatic heterocycles. The first kappa shape index (κ1) is 101. The van der Waals surface area contributed by atoms with Crippen molar-refractivity contribution in [3.63, 3.8) is 0 Å². The predicted octanol–water partition coefficient (Wildman–Crippen LogP) is 12.3. The van der Waals surface area contributed by atoms with Crippen LogP contribution in [0.25, 0.3) is 0 Å². The maximum Gasteiger partial charge on any atom is 0.407 e. The number of aromatic hydroxyl groups is 1. The van der Waals surface area contributed by atoms with Crippen molar-refractivity contribution in [3.05, 3.63) is 222 Å². The molecule has 13 rings (SSSR count). The lowest BCUT2D eigenvalue weighted by atomic mass is 9.99. The van der Waals surface area contributed by atoms with Gasteiger partial charge in [-0.25, -0.2) is 39.6 Å². The lowest BCUT2D eigenvalue weighted by Gasteiger charge is -2.31. The molecule has 6 heterocycles. The van der Waals surface area contributed by atoms with Crippen molar-refractivity contribution in [2.45, 2.75) is 182 Å². The Morgan fingerprint density at radius 1 is 0.411 bits per heavy atom. The molecular formula is C89H120I3N9O20S3. The van der Waals surface area contributed by atoms with Gasteiger partial charge in [0.25, 0.3) is 0 Å². The molecule has 0 unspecified atom stereocenters. The predicted molar refractivity (Wildman–Crippen MR) is 498 cm³/mol. The van der Waals surface area contributed by atoms with Gasteiger partial charge in [-0.3, -0.25) is 0 Å². The van der Waals surface area contributed by atoms with Crippen molar-refractivity contribution in [1.82, 2.24) is 28.9 Å². The number of sulfonamides is 3. The molecule has 3 amide bonds. The summed E-state index contributed by atoms with van der Waals surface area (Å²) in [5.74, 6) is 0.708. The molecule has 6 saturated heterocycles. The second kappa shape index (κ2) is 49.3. The molecule has 29 nitrogen and oxygen atoms in total. The van der Waals surface area contributed by atoms with Crippen molar-refractivity contribution < 1.29 is 92.1 Å². The van der Waals surface area contributed by atoms with E-state index < -0.39 is 103 Å². The fourth-order valence-electron chi connectivity index (χ4n) is 15.5. The Morgan fingerprint density at radius 2 is 0.685 bits per heavy atom. The van der Waals surface area contributed by atoms with Gasteiger partial charge < -0.3 is 85.6 Å². The third-order valence-electron chi connectivity index (χ3n) is 21.9. The second-order valence-electron chi connectivity index (χ2n) is 32.9. The number of nitrogens with zero attached hydrogens (tertiary/aromatic N) is 3. The topological polar surface area (TPSA) is 390 Å². The van der Waals surface area contributed by atoms with Crippen molar-refractivity contribution in [2.24, 2.45) is 52.7 Å². The third-order valence-corrected chi connectivity index (χ3v) is 27.4. The Morgan fingerprint density at radius 3 is 0.976 bits per heavy atom. The van der Waals surface area contributed by atoms with E-state index in [1.807, 2.05) is 170 Å². The van der Waals surface area contributed by atoms with E-state index in [-0.39, 0.29) is 151 Å². The van der Waals surface area contributed by atoms with Crippen LogP contribution in [0.5, 0.6) is 11.5 Å². The number of rotatable bonds is 36. The Bertz CT molecular complexity index is 4570. The highest BCUT2D eigenvalue weighted by molar-refractivity contribution is 15.0. The summed E-state index contributed by atoms with van der Waals surface area (Å²) in [6, 6.07) is 53.3. The number of halogens is 3. The van der Waals surface area contributed by atoms with Crippen LogP contribution in [0.2, 0.25) is 0 Å². The lowest BCUT2D eigenvalue weighted by Crippen LogP contribution is -2.55. The third kappa shape index (κ3) is 29.8. The van der Waals surface area contributed by atoms with Crippen LogP contribution in [0, 0.1) is 42.4 Å². The van der Waals surface area contributed by atoms with Crippen molar-refractivity contribution >= 4 is 110 Å². The molecule has 6 aliphatic rings. The zero-order valence-corrected chi connectivity index (χ0v) is 80.1. The minimum absolute atomic E-state index is 0. The van der Waals surface area contributed by atoms with Crippen LogP contribution in [0.15, 0.2) is 209 Å². The fourth-order valence-corrected chi connectivity index (χ4v) is 20.4. The molecule has 6 fully saturated rings. The summed E-state index contributed by atoms with van der Waals surface area (Å²) in [6.07, 6.45) is -0.561. The highest BCUT2D eigenvalue weighted by atomic mass is 128. The normalized spacial score (nSPS) is 21.6. The highest BCUT2D eigenvalue weighted by Gasteiger charge is 2.47. The molecule has 0 bridgehead atoms. The van der Waals surface area contributed by atoms with Crippen molar-refractivity contribution in [3.8, 4) is 11.5 Å². The monoisotopic (exact) mass is 2110 g/mol. The number of carbonyl (C=O) groups is 3. The molecule has 7 aromatic carbocycles. The van der Waals surface area contributed by atoms with Crippen LogP contribution in [-0.2, 0) is 98.6 Å². The summed E-state index contributed by atoms with van der Waals surface area (Å²) >= 11 is 4.24. The van der Waals surface area contributed by atoms with E-state index in [9.17, 15) is 44.7 Å². The van der Waals surface area contributed by atoms with E-state index in [4.69, 9.17) is 64.6 Å². The first-order chi connectivity index (χ1) is 58.9. The Hall–Kier alpha value is -6.49. The SMILES string of the molecule is CC(C)CN(C[C@@H](N)[C@H](Cc1ccccc1)NC(=O)O[C@H]1CO[C@H]2OCC[C@H]21)S(=O)(=O)c1ccc(O)cc1.CC(C)CN(C[C@@H](N)[C@H](Cc1ccccc1)NC(=O)O[C@H]1CO[C@H]2OCC[C@H]21)S(=O)(=O)c1ccc(OCc2ccccc2)cc1.Cc1ccc(S(=O)(=O)N(CC(C)C)C[C@@H](N)[C@H](Cc2ccccc2)NC(=O)O[C@H]2CO[C@H]3OCC[C@H]32)cc1.I.II. The summed E-state index contributed by atoms with van der Waals surface area (Å²) in [5, 5.41) is 18.4. The maximum absolute atomic E-state index is 13.9. The molecule has 6 aliphatic heterocycles. The number of ether oxygens (including phenoxy) is 10. The Labute approximate surface area is 770 Å². The summed E-state index contributed by atoms with van der Waals surface area (Å²) in [4.78, 5) is 39.5. The van der Waals surface area contributed by atoms with E-state index in [0.717, 1.165) is 47.1 Å². The largest absolute Gasteiger partial charge is 0.508 e. The van der Waals surface area contributed by atoms with Gasteiger partial charge in [0.1, 0.15) is 36.4 Å². The number of hydrogen-bond acceptors (Lipinski definition) is 23. The van der Waals surface area contributed by atoms with Crippen molar-refractivity contribution in [1.29, 1.82) is 0 Å². The molecule has 35 heteroatoms. The maximum atomic E-state index is 13.9. The number of phenols is 1. The molecule has 0 radical (unpaired) electrons. The van der Waals surface area contributed by atoms with E-state index in [1.54, 1.807) is 48.5 Å². The second-order valence-corrected chi connectivity index (χ2v) is 38.7. The molecule has 7 aromatic rings. The summed E-state index contributed by atoms with van der Waals surface area (Å²) in [5.41, 5.74) is 24.9. The smallest absolute Gasteiger partial charge is 0.407 e. The number of benzene rings is 7. The van der Waals surface area contributed by atoms with E-state index in [2.05, 4.69) is 53.2 Å². The first-order valence-corrected chi connectivity index (χ1v) is 52.3. The van der Waals surface area contributed by atoms with Gasteiger partial charge in [0, 0.05) is 94.6 Å². The number of amides is 3. The van der Waals surface area contributed by atoms with Crippen LogP contribution in [0.4, 0.5) is 14.4 Å². The molecule has 10 N–H and O–H groups in total. The number of phenolic OH excluding ortho intramolecular Hbond substituents is 1. The minimum atomic E-state index is -3.92. The van der Waals surface area contributed by atoms with Gasteiger partial charge in [0.15, 0.2) is 18.9 Å². The van der Waals surface area contributed by atoms with Gasteiger partial charge >= 0.3 is 18.3 Å². The standard InChI is InChI=1S/C34H43N3O7S.C28H39N3O6S.C27H37N3O7S.I2.HI/c1-24(2)20-37(45(39,40)28-15-13-27(14-16-28)42-22-26-11-7-4-8-12-26)21-30(35)31(19-25-9-5-3-6-10-25)36-34(38)44-32-23-43-33-29(32)17-18-41-33;1-19(2)16-31(38(33,34)22-11-9-20(3)10-12-22)17-24(29)25(15-21-7-5-4-6-8-21)30-28(32)37-26-18-36-27-23(26)13-14-35-27;1-18(2)15-30(38(33,34)21-10-8-20(31)9-11-21)16-23(28)24(14-19-6-4-3-5-7-19)29-27(32)37-25-17-36-26-22(25)12-13-35-26;1-2;/h3-16,24,29-33H,17-23,35H2,1-2H3,(H,36,38);4-12,19,23-27H,13-18,29H2,1-3H3,(H,30,32);3-11,18,22-26,31H,12-17,28H2,1-2H3,(H,29,32);;1H/t29-,30+,31-,32-,33+;23-,24+,25-,26-,27+;22-,23+,24-,25-,26+;;/m000../s1. The van der Waals surface area contributed by atoms with Gasteiger partial charge in [-0.2, -0.15) is 12.9 Å². The average Bonchev–Trinajstić information content (AvgIpc) is 1.51. The molecule has 124 heavy (non-hydrogen) atoms. The van der Waals surface area contributed by atoms with E-state index in [1.165, 1.54) is 37.2 Å². The van der Waals surface area contributed by atoms with E-state index in [0.29, 0.717) is 58.0 Å². The van der Waals surface area contributed by atoms with Gasteiger partial charge in [-0.1, -0.05) is 181 Å². The van der Waals surface area contributed by atoms with Crippen LogP contribution < -0.4 is 37.9 Å². The number of fused-ring (bicyclic) bond motifs is 3. The zero-order valence-electron chi connectivity index (χ0n) is 71.0. The lowest BCUT2D eigenvalue weighted by molar-refractivity contribution is -0.0909. The summed E-state index contributed by atoms with van der Waals surface area (Å²) < 4.78 is 143. The van der Waals surface area contributed by atoms with Crippen LogP contribution in [0.3, 0.4) is 0 Å². The van der Waals surface area contributed by atoms with Crippen LogP contribution in [0.1, 0.15) is 88.6 Å². The fraction of sp³-hybridized carbons (Fsp3) is 0.494. The number of carbonyl (C=O) groups excluding carboxylic acids is 3.